The van der Waals surface area contributed by atoms with Gasteiger partial charge in [-0.15, -0.1) is 22.0 Å². The van der Waals surface area contributed by atoms with Crippen LogP contribution >= 0.6 is 46.3 Å². The van der Waals surface area contributed by atoms with Gasteiger partial charge in [-0.2, -0.15) is 0 Å². The van der Waals surface area contributed by atoms with Crippen LogP contribution in [0.3, 0.4) is 0 Å². The number of amides is 3. The summed E-state index contributed by atoms with van der Waals surface area (Å²) in [6.07, 6.45) is 1.46. The maximum absolute atomic E-state index is 13.3. The van der Waals surface area contributed by atoms with Crippen molar-refractivity contribution in [3.63, 3.8) is 0 Å². The third-order valence-electron chi connectivity index (χ3n) is 5.04. The van der Waals surface area contributed by atoms with Crippen molar-refractivity contribution in [3.8, 4) is 0 Å². The van der Waals surface area contributed by atoms with Gasteiger partial charge in [0.1, 0.15) is 10.7 Å². The summed E-state index contributed by atoms with van der Waals surface area (Å²) in [6.45, 7) is 1.80. The monoisotopic (exact) mass is 597 g/mol. The topological polar surface area (TPSA) is 113 Å². The van der Waals surface area contributed by atoms with Gasteiger partial charge in [0.05, 0.1) is 15.8 Å². The molecule has 12 heteroatoms. The highest BCUT2D eigenvalue weighted by atomic mass is 35.5. The van der Waals surface area contributed by atoms with Crippen molar-refractivity contribution >= 4 is 80.9 Å². The van der Waals surface area contributed by atoms with Crippen LogP contribution in [0.2, 0.25) is 10.0 Å². The molecule has 0 saturated heterocycles. The Bertz CT molecular complexity index is 1540. The molecule has 4 aromatic rings. The summed E-state index contributed by atoms with van der Waals surface area (Å²) in [5.74, 6) is -1.11. The molecular formula is C27H21Cl2N5O3S2. The summed E-state index contributed by atoms with van der Waals surface area (Å²) >= 11 is 15.1. The number of thioether (sulfide) groups is 1. The van der Waals surface area contributed by atoms with E-state index >= 15 is 0 Å². The van der Waals surface area contributed by atoms with E-state index in [0.29, 0.717) is 27.0 Å². The molecule has 1 aromatic heterocycles. The van der Waals surface area contributed by atoms with Crippen LogP contribution in [0.5, 0.6) is 0 Å². The van der Waals surface area contributed by atoms with Crippen LogP contribution in [0.15, 0.2) is 83.4 Å². The lowest BCUT2D eigenvalue weighted by atomic mass is 10.1. The summed E-state index contributed by atoms with van der Waals surface area (Å²) in [7, 11) is 0. The van der Waals surface area contributed by atoms with Crippen molar-refractivity contribution in [2.75, 3.05) is 16.4 Å². The van der Waals surface area contributed by atoms with E-state index in [9.17, 15) is 14.4 Å². The summed E-state index contributed by atoms with van der Waals surface area (Å²) < 4.78 is 0. The molecule has 0 fully saturated rings. The summed E-state index contributed by atoms with van der Waals surface area (Å²) in [6, 6.07) is 20.5. The number of aromatic nitrogens is 2. The lowest BCUT2D eigenvalue weighted by molar-refractivity contribution is -0.114. The number of halogens is 2. The summed E-state index contributed by atoms with van der Waals surface area (Å²) in [5.41, 5.74) is 1.29. The van der Waals surface area contributed by atoms with Gasteiger partial charge >= 0.3 is 0 Å². The van der Waals surface area contributed by atoms with Crippen LogP contribution in [0.4, 0.5) is 10.8 Å². The van der Waals surface area contributed by atoms with Gasteiger partial charge in [0, 0.05) is 16.1 Å². The number of benzene rings is 3. The van der Waals surface area contributed by atoms with Crippen LogP contribution in [0.1, 0.15) is 20.9 Å². The number of nitrogens with one attached hydrogen (secondary N) is 3. The van der Waals surface area contributed by atoms with Crippen molar-refractivity contribution in [1.82, 2.24) is 15.5 Å². The van der Waals surface area contributed by atoms with Gasteiger partial charge in [0.2, 0.25) is 11.0 Å². The van der Waals surface area contributed by atoms with Crippen LogP contribution in [-0.2, 0) is 9.59 Å². The van der Waals surface area contributed by atoms with Crippen LogP contribution < -0.4 is 16.0 Å². The van der Waals surface area contributed by atoms with Gasteiger partial charge in [-0.05, 0) is 55.0 Å². The first-order chi connectivity index (χ1) is 18.8. The predicted molar refractivity (Wildman–Crippen MR) is 157 cm³/mol. The number of hydrogen-bond donors (Lipinski definition) is 3. The maximum atomic E-state index is 13.3. The van der Waals surface area contributed by atoms with Gasteiger partial charge < -0.3 is 10.6 Å². The van der Waals surface area contributed by atoms with E-state index in [0.717, 1.165) is 9.90 Å². The predicted octanol–water partition coefficient (Wildman–Crippen LogP) is 6.29. The minimum absolute atomic E-state index is 0.0298. The fraction of sp³-hybridized carbons (Fsp3) is 0.0741. The SMILES string of the molecule is Cc1nnc(NC(=O)CSc2cccc(NC(=O)/C(=C\c3cccc(Cl)c3Cl)NC(=O)c3ccccc3)c2)s1. The highest BCUT2D eigenvalue weighted by molar-refractivity contribution is 8.00. The lowest BCUT2D eigenvalue weighted by Crippen LogP contribution is -2.30. The molecule has 0 aliphatic rings. The average molecular weight is 599 g/mol. The van der Waals surface area contributed by atoms with E-state index in [2.05, 4.69) is 26.1 Å². The fourth-order valence-corrected chi connectivity index (χ4v) is 4.97. The first-order valence-corrected chi connectivity index (χ1v) is 14.0. The van der Waals surface area contributed by atoms with Gasteiger partial charge in [-0.25, -0.2) is 0 Å². The van der Waals surface area contributed by atoms with Crippen molar-refractivity contribution in [2.45, 2.75) is 11.8 Å². The molecule has 1 heterocycles. The molecule has 0 aliphatic heterocycles. The Labute approximate surface area is 242 Å². The zero-order chi connectivity index (χ0) is 27.8. The first-order valence-electron chi connectivity index (χ1n) is 11.4. The number of carbonyl (C=O) groups is 3. The van der Waals surface area contributed by atoms with Crippen LogP contribution in [0.25, 0.3) is 6.08 Å². The highest BCUT2D eigenvalue weighted by Crippen LogP contribution is 2.28. The quantitative estimate of drug-likeness (QED) is 0.154. The standard InChI is InChI=1S/C27H21Cl2N5O3S2/c1-16-33-34-27(39-16)32-23(35)15-38-20-11-6-10-19(14-20)30-26(37)22(13-18-9-5-12-21(28)24(18)29)31-25(36)17-7-3-2-4-8-17/h2-14H,15H2,1H3,(H,30,37)(H,31,36)(H,32,34,35)/b22-13+. The molecule has 4 rings (SSSR count). The van der Waals surface area contributed by atoms with E-state index < -0.39 is 11.8 Å². The molecule has 0 saturated carbocycles. The largest absolute Gasteiger partial charge is 0.321 e. The second kappa shape index (κ2) is 13.4. The zero-order valence-corrected chi connectivity index (χ0v) is 23.5. The number of hydrogen-bond acceptors (Lipinski definition) is 7. The van der Waals surface area contributed by atoms with Crippen molar-refractivity contribution < 1.29 is 14.4 Å². The molecular weight excluding hydrogens is 577 g/mol. The Hall–Kier alpha value is -3.70. The maximum Gasteiger partial charge on any atom is 0.272 e. The van der Waals surface area contributed by atoms with Crippen molar-refractivity contribution in [3.05, 3.63) is 105 Å². The molecule has 0 unspecified atom stereocenters. The van der Waals surface area contributed by atoms with Gasteiger partial charge in [0.25, 0.3) is 11.8 Å². The van der Waals surface area contributed by atoms with E-state index in [4.69, 9.17) is 23.2 Å². The fourth-order valence-electron chi connectivity index (χ4n) is 3.24. The molecule has 0 radical (unpaired) electrons. The van der Waals surface area contributed by atoms with E-state index in [1.165, 1.54) is 29.2 Å². The van der Waals surface area contributed by atoms with E-state index in [-0.39, 0.29) is 22.4 Å². The molecule has 39 heavy (non-hydrogen) atoms. The van der Waals surface area contributed by atoms with E-state index in [1.807, 2.05) is 6.07 Å². The second-order valence-corrected chi connectivity index (χ2v) is 11.0. The van der Waals surface area contributed by atoms with Gasteiger partial charge in [0.15, 0.2) is 0 Å². The molecule has 0 aliphatic carbocycles. The summed E-state index contributed by atoms with van der Waals surface area (Å²) in [4.78, 5) is 39.2. The Morgan fingerprint density at radius 2 is 1.72 bits per heavy atom. The minimum Gasteiger partial charge on any atom is -0.321 e. The van der Waals surface area contributed by atoms with Gasteiger partial charge in [-0.1, -0.05) is 70.9 Å². The number of aryl methyl sites for hydroxylation is 1. The molecule has 3 N–H and O–H groups in total. The number of anilines is 2. The van der Waals surface area contributed by atoms with Crippen LogP contribution in [0, 0.1) is 6.92 Å². The Morgan fingerprint density at radius 3 is 2.46 bits per heavy atom. The molecule has 198 valence electrons. The Balaban J connectivity index is 1.48. The van der Waals surface area contributed by atoms with E-state index in [1.54, 1.807) is 73.7 Å². The Kier molecular flexibility index (Phi) is 9.72. The highest BCUT2D eigenvalue weighted by Gasteiger charge is 2.17. The lowest BCUT2D eigenvalue weighted by Gasteiger charge is -2.13. The zero-order valence-electron chi connectivity index (χ0n) is 20.4. The molecule has 0 bridgehead atoms. The first kappa shape index (κ1) is 28.3. The third kappa shape index (κ3) is 8.14. The van der Waals surface area contributed by atoms with Crippen molar-refractivity contribution in [1.29, 1.82) is 0 Å². The molecule has 8 nitrogen and oxygen atoms in total. The average Bonchev–Trinajstić information content (AvgIpc) is 3.34. The molecule has 3 aromatic carbocycles. The molecule has 3 amide bonds. The minimum atomic E-state index is -0.568. The Morgan fingerprint density at radius 1 is 0.949 bits per heavy atom. The molecule has 0 atom stereocenters. The number of carbonyl (C=O) groups excluding carboxylic acids is 3. The smallest absolute Gasteiger partial charge is 0.272 e. The molecule has 0 spiro atoms. The van der Waals surface area contributed by atoms with Crippen LogP contribution in [-0.4, -0.2) is 33.7 Å². The van der Waals surface area contributed by atoms with Gasteiger partial charge in [-0.3, -0.25) is 19.7 Å². The second-order valence-electron chi connectivity index (χ2n) is 7.97. The van der Waals surface area contributed by atoms with Crippen molar-refractivity contribution in [2.24, 2.45) is 0 Å². The third-order valence-corrected chi connectivity index (χ3v) is 7.63. The normalized spacial score (nSPS) is 11.1. The summed E-state index contributed by atoms with van der Waals surface area (Å²) in [5, 5.41) is 17.7. The number of rotatable bonds is 9. The number of nitrogens with zero attached hydrogens (tertiary/aromatic N) is 2.